The van der Waals surface area contributed by atoms with Gasteiger partial charge < -0.3 is 4.74 Å². The Labute approximate surface area is 126 Å². The molecule has 1 atom stereocenters. The Morgan fingerprint density at radius 2 is 2.00 bits per heavy atom. The van der Waals surface area contributed by atoms with Crippen molar-refractivity contribution in [1.29, 1.82) is 0 Å². The monoisotopic (exact) mass is 338 g/mol. The highest BCUT2D eigenvalue weighted by Crippen LogP contribution is 2.30. The molecule has 0 heterocycles. The van der Waals surface area contributed by atoms with Gasteiger partial charge in [-0.1, -0.05) is 40.2 Å². The molecule has 0 saturated carbocycles. The second kappa shape index (κ2) is 6.83. The summed E-state index contributed by atoms with van der Waals surface area (Å²) < 4.78 is 20.0. The van der Waals surface area contributed by atoms with Crippen molar-refractivity contribution < 1.29 is 9.13 Å². The van der Waals surface area contributed by atoms with E-state index in [0.29, 0.717) is 16.5 Å². The summed E-state index contributed by atoms with van der Waals surface area (Å²) in [5, 5.41) is 0. The van der Waals surface area contributed by atoms with Crippen LogP contribution in [0.1, 0.15) is 17.2 Å². The molecule has 0 aromatic heterocycles. The van der Waals surface area contributed by atoms with Gasteiger partial charge in [0.1, 0.15) is 11.6 Å². The lowest BCUT2D eigenvalue weighted by atomic mass is 9.98. The largest absolute Gasteiger partial charge is 0.496 e. The smallest absolute Gasteiger partial charge is 0.129 e. The summed E-state index contributed by atoms with van der Waals surface area (Å²) in [5.74, 6) is 6.07. The number of hydrazine groups is 1. The minimum atomic E-state index is -0.345. The number of hydrogen-bond acceptors (Lipinski definition) is 3. The lowest BCUT2D eigenvalue weighted by Crippen LogP contribution is -2.30. The average molecular weight is 339 g/mol. The van der Waals surface area contributed by atoms with Gasteiger partial charge in [-0.3, -0.25) is 11.3 Å². The van der Waals surface area contributed by atoms with Crippen LogP contribution >= 0.6 is 15.9 Å². The van der Waals surface area contributed by atoms with E-state index in [1.165, 1.54) is 6.07 Å². The van der Waals surface area contributed by atoms with Crippen LogP contribution < -0.4 is 16.0 Å². The highest BCUT2D eigenvalue weighted by molar-refractivity contribution is 9.10. The first-order valence-electron chi connectivity index (χ1n) is 6.19. The quantitative estimate of drug-likeness (QED) is 0.649. The molecule has 0 aliphatic carbocycles. The summed E-state index contributed by atoms with van der Waals surface area (Å²) in [6.45, 7) is 0. The number of nitrogens with two attached hydrogens (primary N) is 1. The van der Waals surface area contributed by atoms with Crippen LogP contribution in [0, 0.1) is 5.82 Å². The SMILES string of the molecule is COc1ccccc1CC(NN)c1c(F)cccc1Br. The molecule has 3 nitrogen and oxygen atoms in total. The van der Waals surface area contributed by atoms with Crippen LogP contribution in [0.25, 0.3) is 0 Å². The summed E-state index contributed by atoms with van der Waals surface area (Å²) in [5.41, 5.74) is 4.15. The molecule has 3 N–H and O–H groups in total. The average Bonchev–Trinajstić information content (AvgIpc) is 2.46. The third-order valence-corrected chi connectivity index (χ3v) is 3.86. The van der Waals surface area contributed by atoms with Gasteiger partial charge in [-0.2, -0.15) is 0 Å². The predicted molar refractivity (Wildman–Crippen MR) is 80.9 cm³/mol. The lowest BCUT2D eigenvalue weighted by molar-refractivity contribution is 0.404. The summed E-state index contributed by atoms with van der Waals surface area (Å²) in [4.78, 5) is 0. The fourth-order valence-corrected chi connectivity index (χ4v) is 2.80. The van der Waals surface area contributed by atoms with Gasteiger partial charge in [0.25, 0.3) is 0 Å². The van der Waals surface area contributed by atoms with Gasteiger partial charge in [0.2, 0.25) is 0 Å². The summed E-state index contributed by atoms with van der Waals surface area (Å²) in [6.07, 6.45) is 0.528. The Bertz CT molecular complexity index is 572. The van der Waals surface area contributed by atoms with Crippen molar-refractivity contribution in [3.8, 4) is 5.75 Å². The standard InChI is InChI=1S/C15H16BrFN2O/c1-20-14-8-3-2-5-10(14)9-13(19-18)15-11(16)6-4-7-12(15)17/h2-8,13,19H,9,18H2,1H3. The molecule has 0 amide bonds. The number of rotatable bonds is 5. The molecular formula is C15H16BrFN2O. The lowest BCUT2D eigenvalue weighted by Gasteiger charge is -2.20. The van der Waals surface area contributed by atoms with Crippen LogP contribution in [-0.4, -0.2) is 7.11 Å². The van der Waals surface area contributed by atoms with Crippen LogP contribution in [0.15, 0.2) is 46.9 Å². The molecule has 106 valence electrons. The summed E-state index contributed by atoms with van der Waals surface area (Å²) >= 11 is 3.37. The minimum absolute atomic E-state index is 0.294. The molecular weight excluding hydrogens is 323 g/mol. The Kier molecular flexibility index (Phi) is 5.11. The number of halogens is 2. The zero-order chi connectivity index (χ0) is 14.5. The van der Waals surface area contributed by atoms with Crippen molar-refractivity contribution in [2.24, 2.45) is 5.84 Å². The maximum Gasteiger partial charge on any atom is 0.129 e. The summed E-state index contributed by atoms with van der Waals surface area (Å²) in [7, 11) is 1.61. The molecule has 0 fully saturated rings. The van der Waals surface area contributed by atoms with Gasteiger partial charge in [-0.15, -0.1) is 0 Å². The van der Waals surface area contributed by atoms with Crippen molar-refractivity contribution in [1.82, 2.24) is 5.43 Å². The molecule has 20 heavy (non-hydrogen) atoms. The Hall–Kier alpha value is -1.43. The molecule has 0 spiro atoms. The van der Waals surface area contributed by atoms with Crippen molar-refractivity contribution in [2.75, 3.05) is 7.11 Å². The van der Waals surface area contributed by atoms with Crippen LogP contribution in [0.3, 0.4) is 0 Å². The van der Waals surface area contributed by atoms with E-state index in [4.69, 9.17) is 10.6 Å². The number of benzene rings is 2. The molecule has 0 saturated heterocycles. The van der Waals surface area contributed by atoms with E-state index in [1.54, 1.807) is 19.2 Å². The first kappa shape index (κ1) is 15.0. The van der Waals surface area contributed by atoms with Gasteiger partial charge in [0.05, 0.1) is 13.2 Å². The second-order valence-corrected chi connectivity index (χ2v) is 5.22. The van der Waals surface area contributed by atoms with Crippen LogP contribution in [-0.2, 0) is 6.42 Å². The molecule has 5 heteroatoms. The number of methoxy groups -OCH3 is 1. The first-order chi connectivity index (χ1) is 9.67. The topological polar surface area (TPSA) is 47.3 Å². The van der Waals surface area contributed by atoms with Gasteiger partial charge in [0, 0.05) is 10.0 Å². The van der Waals surface area contributed by atoms with Crippen LogP contribution in [0.2, 0.25) is 0 Å². The van der Waals surface area contributed by atoms with Crippen molar-refractivity contribution >= 4 is 15.9 Å². The molecule has 2 aromatic rings. The summed E-state index contributed by atoms with van der Waals surface area (Å²) in [6, 6.07) is 12.2. The van der Waals surface area contributed by atoms with Crippen molar-refractivity contribution in [3.05, 3.63) is 63.9 Å². The molecule has 2 rings (SSSR count). The maximum absolute atomic E-state index is 14.0. The number of hydrogen-bond donors (Lipinski definition) is 2. The van der Waals surface area contributed by atoms with Crippen molar-refractivity contribution in [3.63, 3.8) is 0 Å². The maximum atomic E-state index is 14.0. The second-order valence-electron chi connectivity index (χ2n) is 4.37. The van der Waals surface area contributed by atoms with E-state index in [0.717, 1.165) is 11.3 Å². The third kappa shape index (κ3) is 3.17. The fourth-order valence-electron chi connectivity index (χ4n) is 2.18. The number of para-hydroxylation sites is 1. The first-order valence-corrected chi connectivity index (χ1v) is 6.98. The molecule has 0 bridgehead atoms. The number of nitrogens with one attached hydrogen (secondary N) is 1. The van der Waals surface area contributed by atoms with E-state index >= 15 is 0 Å². The highest BCUT2D eigenvalue weighted by Gasteiger charge is 2.19. The van der Waals surface area contributed by atoms with E-state index < -0.39 is 0 Å². The van der Waals surface area contributed by atoms with Crippen molar-refractivity contribution in [2.45, 2.75) is 12.5 Å². The zero-order valence-electron chi connectivity index (χ0n) is 11.1. The zero-order valence-corrected chi connectivity index (χ0v) is 12.7. The van der Waals surface area contributed by atoms with Gasteiger partial charge >= 0.3 is 0 Å². The molecule has 0 radical (unpaired) electrons. The predicted octanol–water partition coefficient (Wildman–Crippen LogP) is 3.34. The number of ether oxygens (including phenoxy) is 1. The van der Waals surface area contributed by atoms with Gasteiger partial charge in [-0.25, -0.2) is 4.39 Å². The molecule has 1 unspecified atom stereocenters. The normalized spacial score (nSPS) is 12.2. The minimum Gasteiger partial charge on any atom is -0.496 e. The fraction of sp³-hybridized carbons (Fsp3) is 0.200. The van der Waals surface area contributed by atoms with Gasteiger partial charge in [-0.05, 0) is 30.2 Å². The van der Waals surface area contributed by atoms with Gasteiger partial charge in [0.15, 0.2) is 0 Å². The molecule has 2 aromatic carbocycles. The van der Waals surface area contributed by atoms with E-state index in [9.17, 15) is 4.39 Å². The van der Waals surface area contributed by atoms with E-state index in [-0.39, 0.29) is 11.9 Å². The van der Waals surface area contributed by atoms with E-state index in [2.05, 4.69) is 21.4 Å². The Morgan fingerprint density at radius 3 is 2.65 bits per heavy atom. The Morgan fingerprint density at radius 1 is 1.25 bits per heavy atom. The van der Waals surface area contributed by atoms with Crippen LogP contribution in [0.4, 0.5) is 4.39 Å². The van der Waals surface area contributed by atoms with Crippen LogP contribution in [0.5, 0.6) is 5.75 Å². The third-order valence-electron chi connectivity index (χ3n) is 3.17. The van der Waals surface area contributed by atoms with E-state index in [1.807, 2.05) is 24.3 Å². The Balaban J connectivity index is 2.34. The molecule has 0 aliphatic heterocycles. The molecule has 0 aliphatic rings. The highest BCUT2D eigenvalue weighted by atomic mass is 79.9.